The van der Waals surface area contributed by atoms with Crippen LogP contribution in [-0.4, -0.2) is 45.4 Å². The molecule has 0 bridgehead atoms. The van der Waals surface area contributed by atoms with Crippen molar-refractivity contribution in [2.75, 3.05) is 32.8 Å². The summed E-state index contributed by atoms with van der Waals surface area (Å²) < 4.78 is 26.3. The van der Waals surface area contributed by atoms with Crippen molar-refractivity contribution in [1.29, 1.82) is 0 Å². The second-order valence-electron chi connectivity index (χ2n) is 5.59. The molecule has 1 amide bonds. The Hall–Kier alpha value is -3.42. The lowest BCUT2D eigenvalue weighted by Gasteiger charge is -2.24. The zero-order chi connectivity index (χ0) is 19.2. The first-order valence-corrected chi connectivity index (χ1v) is 8.17. The van der Waals surface area contributed by atoms with E-state index in [1.807, 2.05) is 0 Å². The van der Waals surface area contributed by atoms with Crippen molar-refractivity contribution in [3.63, 3.8) is 0 Å². The summed E-state index contributed by atoms with van der Waals surface area (Å²) in [6, 6.07) is 12.0. The van der Waals surface area contributed by atoms with Crippen LogP contribution in [0.5, 0.6) is 23.0 Å². The molecule has 0 fully saturated rings. The Labute approximate surface area is 155 Å². The van der Waals surface area contributed by atoms with Crippen LogP contribution in [0.4, 0.5) is 5.69 Å². The normalized spacial score (nSPS) is 14.8. The van der Waals surface area contributed by atoms with Crippen molar-refractivity contribution in [2.45, 2.75) is 6.10 Å². The smallest absolute Gasteiger partial charge is 0.351 e. The molecule has 2 aromatic carbocycles. The van der Waals surface area contributed by atoms with Crippen LogP contribution in [0, 0.1) is 0 Å². The topological polar surface area (TPSA) is 92.3 Å². The molecular weight excluding hydrogens is 354 g/mol. The highest BCUT2D eigenvalue weighted by Crippen LogP contribution is 2.31. The highest BCUT2D eigenvalue weighted by Gasteiger charge is 2.29. The monoisotopic (exact) mass is 373 g/mol. The van der Waals surface area contributed by atoms with E-state index in [9.17, 15) is 9.59 Å². The summed E-state index contributed by atoms with van der Waals surface area (Å²) >= 11 is 0. The second-order valence-corrected chi connectivity index (χ2v) is 5.59. The molecule has 1 atom stereocenters. The lowest BCUT2D eigenvalue weighted by atomic mass is 10.2. The predicted octanol–water partition coefficient (Wildman–Crippen LogP) is 2.03. The van der Waals surface area contributed by atoms with Gasteiger partial charge in [-0.3, -0.25) is 4.79 Å². The van der Waals surface area contributed by atoms with Crippen LogP contribution in [0.2, 0.25) is 0 Å². The van der Waals surface area contributed by atoms with Gasteiger partial charge in [-0.1, -0.05) is 12.1 Å². The highest BCUT2D eigenvalue weighted by atomic mass is 16.6. The van der Waals surface area contributed by atoms with E-state index in [-0.39, 0.29) is 6.61 Å². The van der Waals surface area contributed by atoms with Gasteiger partial charge < -0.3 is 29.0 Å². The van der Waals surface area contributed by atoms with Gasteiger partial charge in [-0.05, 0) is 24.3 Å². The largest absolute Gasteiger partial charge is 0.497 e. The van der Waals surface area contributed by atoms with Gasteiger partial charge in [0.2, 0.25) is 6.10 Å². The molecule has 0 spiro atoms. The number of carbonyl (C=O) groups excluding carboxylic acids is 2. The zero-order valence-corrected chi connectivity index (χ0v) is 14.9. The summed E-state index contributed by atoms with van der Waals surface area (Å²) in [5, 5.41) is 2.62. The van der Waals surface area contributed by atoms with Gasteiger partial charge in [-0.2, -0.15) is 0 Å². The first-order valence-electron chi connectivity index (χ1n) is 8.17. The maximum atomic E-state index is 12.1. The molecule has 1 N–H and O–H groups in total. The Balaban J connectivity index is 1.54. The molecule has 1 aliphatic rings. The number of nitrogens with one attached hydrogen (secondary N) is 1. The molecule has 0 radical (unpaired) electrons. The van der Waals surface area contributed by atoms with E-state index in [2.05, 4.69) is 5.32 Å². The van der Waals surface area contributed by atoms with Gasteiger partial charge in [0.15, 0.2) is 18.1 Å². The molecule has 0 aromatic heterocycles. The van der Waals surface area contributed by atoms with Crippen LogP contribution in [0.1, 0.15) is 0 Å². The van der Waals surface area contributed by atoms with E-state index < -0.39 is 24.6 Å². The molecule has 3 rings (SSSR count). The van der Waals surface area contributed by atoms with Crippen LogP contribution in [0.15, 0.2) is 42.5 Å². The van der Waals surface area contributed by atoms with Crippen molar-refractivity contribution >= 4 is 17.6 Å². The van der Waals surface area contributed by atoms with E-state index in [1.165, 1.54) is 14.2 Å². The fourth-order valence-electron chi connectivity index (χ4n) is 2.46. The summed E-state index contributed by atoms with van der Waals surface area (Å²) in [5.41, 5.74) is 0.407. The first kappa shape index (κ1) is 18.4. The minimum Gasteiger partial charge on any atom is -0.497 e. The van der Waals surface area contributed by atoms with E-state index in [4.69, 9.17) is 23.7 Å². The Kier molecular flexibility index (Phi) is 5.65. The average Bonchev–Trinajstić information content (AvgIpc) is 2.71. The third kappa shape index (κ3) is 4.41. The van der Waals surface area contributed by atoms with Crippen molar-refractivity contribution in [3.05, 3.63) is 42.5 Å². The number of ether oxygens (including phenoxy) is 5. The SMILES string of the molecule is COc1ccc(OC)c(NC(=O)COC(=O)[C@H]2COc3ccccc3O2)c1. The number of fused-ring (bicyclic) bond motifs is 1. The van der Waals surface area contributed by atoms with Gasteiger partial charge in [0.25, 0.3) is 5.91 Å². The lowest BCUT2D eigenvalue weighted by molar-refractivity contribution is -0.156. The summed E-state index contributed by atoms with van der Waals surface area (Å²) in [4.78, 5) is 24.2. The standard InChI is InChI=1S/C19H19NO7/c1-23-12-7-8-14(24-2)13(9-12)20-18(21)11-26-19(22)17-10-25-15-5-3-4-6-16(15)27-17/h3-9,17H,10-11H2,1-2H3,(H,20,21)/t17-/m1/s1. The minimum atomic E-state index is -0.931. The molecule has 0 saturated heterocycles. The number of hydrogen-bond donors (Lipinski definition) is 1. The van der Waals surface area contributed by atoms with E-state index >= 15 is 0 Å². The fourth-order valence-corrected chi connectivity index (χ4v) is 2.46. The third-order valence-corrected chi connectivity index (χ3v) is 3.80. The van der Waals surface area contributed by atoms with E-state index in [0.29, 0.717) is 28.7 Å². The van der Waals surface area contributed by atoms with Crippen molar-refractivity contribution in [3.8, 4) is 23.0 Å². The number of para-hydroxylation sites is 2. The first-order chi connectivity index (χ1) is 13.1. The molecule has 8 heteroatoms. The van der Waals surface area contributed by atoms with Gasteiger partial charge in [0.1, 0.15) is 18.1 Å². The molecule has 142 valence electrons. The predicted molar refractivity (Wildman–Crippen MR) is 95.5 cm³/mol. The van der Waals surface area contributed by atoms with Crippen molar-refractivity contribution in [1.82, 2.24) is 0 Å². The summed E-state index contributed by atoms with van der Waals surface area (Å²) in [5.74, 6) is 0.815. The molecule has 27 heavy (non-hydrogen) atoms. The molecule has 8 nitrogen and oxygen atoms in total. The van der Waals surface area contributed by atoms with Crippen LogP contribution >= 0.6 is 0 Å². The maximum Gasteiger partial charge on any atom is 0.351 e. The highest BCUT2D eigenvalue weighted by molar-refractivity contribution is 5.94. The number of rotatable bonds is 6. The minimum absolute atomic E-state index is 0.0151. The number of anilines is 1. The Morgan fingerprint density at radius 2 is 1.89 bits per heavy atom. The molecule has 1 heterocycles. The molecule has 1 aliphatic heterocycles. The van der Waals surface area contributed by atoms with Crippen LogP contribution in [-0.2, 0) is 14.3 Å². The van der Waals surface area contributed by atoms with Gasteiger partial charge in [-0.25, -0.2) is 4.79 Å². The number of methoxy groups -OCH3 is 2. The van der Waals surface area contributed by atoms with E-state index in [1.54, 1.807) is 42.5 Å². The molecule has 0 aliphatic carbocycles. The van der Waals surface area contributed by atoms with Gasteiger partial charge >= 0.3 is 5.97 Å². The van der Waals surface area contributed by atoms with Gasteiger partial charge in [0, 0.05) is 6.07 Å². The average molecular weight is 373 g/mol. The maximum absolute atomic E-state index is 12.1. The fraction of sp³-hybridized carbons (Fsp3) is 0.263. The van der Waals surface area contributed by atoms with Gasteiger partial charge in [-0.15, -0.1) is 0 Å². The number of esters is 1. The van der Waals surface area contributed by atoms with Crippen LogP contribution < -0.4 is 24.3 Å². The number of benzene rings is 2. The quantitative estimate of drug-likeness (QED) is 0.775. The second kappa shape index (κ2) is 8.31. The Morgan fingerprint density at radius 3 is 2.63 bits per heavy atom. The van der Waals surface area contributed by atoms with Gasteiger partial charge in [0.05, 0.1) is 19.9 Å². The summed E-state index contributed by atoms with van der Waals surface area (Å²) in [7, 11) is 3.00. The Bertz CT molecular complexity index is 837. The number of carbonyl (C=O) groups is 2. The molecular formula is C19H19NO7. The lowest BCUT2D eigenvalue weighted by Crippen LogP contribution is -2.39. The third-order valence-electron chi connectivity index (χ3n) is 3.80. The van der Waals surface area contributed by atoms with Crippen LogP contribution in [0.25, 0.3) is 0 Å². The molecule has 0 saturated carbocycles. The summed E-state index contributed by atoms with van der Waals surface area (Å²) in [6.07, 6.45) is -0.931. The Morgan fingerprint density at radius 1 is 1.11 bits per heavy atom. The zero-order valence-electron chi connectivity index (χ0n) is 14.9. The van der Waals surface area contributed by atoms with Crippen LogP contribution in [0.3, 0.4) is 0 Å². The molecule has 0 unspecified atom stereocenters. The van der Waals surface area contributed by atoms with E-state index in [0.717, 1.165) is 0 Å². The van der Waals surface area contributed by atoms with Crippen molar-refractivity contribution < 1.29 is 33.3 Å². The van der Waals surface area contributed by atoms with Crippen molar-refractivity contribution in [2.24, 2.45) is 0 Å². The number of amides is 1. The summed E-state index contributed by atoms with van der Waals surface area (Å²) in [6.45, 7) is -0.456. The number of hydrogen-bond acceptors (Lipinski definition) is 7. The molecule has 2 aromatic rings.